The number of rotatable bonds is 8. The summed E-state index contributed by atoms with van der Waals surface area (Å²) in [5.41, 5.74) is -1.41. The lowest BCUT2D eigenvalue weighted by Gasteiger charge is -2.26. The number of carbonyl (C=O) groups excluding carboxylic acids is 1. The van der Waals surface area contributed by atoms with Crippen molar-refractivity contribution in [3.63, 3.8) is 0 Å². The summed E-state index contributed by atoms with van der Waals surface area (Å²) in [6, 6.07) is 0. The SMILES string of the molecule is COCC(C)(NC(=O)CCOC1CCOCC1)C(=O)O. The van der Waals surface area contributed by atoms with Crippen molar-refractivity contribution in [3.8, 4) is 0 Å². The number of carboxylic acids is 1. The van der Waals surface area contributed by atoms with Gasteiger partial charge in [-0.25, -0.2) is 4.79 Å². The Morgan fingerprint density at radius 2 is 2.05 bits per heavy atom. The highest BCUT2D eigenvalue weighted by molar-refractivity contribution is 5.86. The van der Waals surface area contributed by atoms with Crippen LogP contribution in [-0.2, 0) is 23.8 Å². The molecule has 0 saturated carbocycles. The molecule has 1 rings (SSSR count). The fourth-order valence-electron chi connectivity index (χ4n) is 1.97. The van der Waals surface area contributed by atoms with Gasteiger partial charge in [0.25, 0.3) is 0 Å². The van der Waals surface area contributed by atoms with E-state index in [4.69, 9.17) is 19.3 Å². The maximum Gasteiger partial charge on any atom is 0.331 e. The van der Waals surface area contributed by atoms with Crippen LogP contribution in [0.4, 0.5) is 0 Å². The van der Waals surface area contributed by atoms with Gasteiger partial charge in [0, 0.05) is 20.3 Å². The van der Waals surface area contributed by atoms with Gasteiger partial charge in [0.05, 0.1) is 25.7 Å². The first-order valence-electron chi connectivity index (χ1n) is 6.70. The van der Waals surface area contributed by atoms with E-state index in [0.29, 0.717) is 13.2 Å². The monoisotopic (exact) mass is 289 g/mol. The van der Waals surface area contributed by atoms with E-state index < -0.39 is 11.5 Å². The van der Waals surface area contributed by atoms with Crippen molar-refractivity contribution in [1.82, 2.24) is 5.32 Å². The maximum atomic E-state index is 11.7. The molecule has 1 aliphatic heterocycles. The van der Waals surface area contributed by atoms with Gasteiger partial charge in [-0.3, -0.25) is 4.79 Å². The summed E-state index contributed by atoms with van der Waals surface area (Å²) in [4.78, 5) is 22.9. The van der Waals surface area contributed by atoms with Crippen LogP contribution in [0.2, 0.25) is 0 Å². The second-order valence-electron chi connectivity index (χ2n) is 5.05. The Balaban J connectivity index is 2.29. The smallest absolute Gasteiger partial charge is 0.331 e. The second kappa shape index (κ2) is 8.18. The Labute approximate surface area is 118 Å². The molecule has 7 heteroatoms. The topological polar surface area (TPSA) is 94.1 Å². The summed E-state index contributed by atoms with van der Waals surface area (Å²) in [5, 5.41) is 11.6. The van der Waals surface area contributed by atoms with E-state index in [1.165, 1.54) is 14.0 Å². The molecule has 0 aromatic heterocycles. The molecule has 0 bridgehead atoms. The van der Waals surface area contributed by atoms with E-state index in [9.17, 15) is 9.59 Å². The molecule has 20 heavy (non-hydrogen) atoms. The van der Waals surface area contributed by atoms with E-state index in [-0.39, 0.29) is 31.6 Å². The predicted octanol–water partition coefficient (Wildman–Crippen LogP) is 0.178. The molecule has 1 fully saturated rings. The molecule has 0 radical (unpaired) electrons. The van der Waals surface area contributed by atoms with Crippen LogP contribution in [0.25, 0.3) is 0 Å². The lowest BCUT2D eigenvalue weighted by Crippen LogP contribution is -2.55. The molecule has 1 atom stereocenters. The molecule has 1 amide bonds. The minimum atomic E-state index is -1.41. The molecular formula is C13H23NO6. The van der Waals surface area contributed by atoms with Crippen molar-refractivity contribution < 1.29 is 28.9 Å². The minimum Gasteiger partial charge on any atom is -0.479 e. The van der Waals surface area contributed by atoms with Crippen molar-refractivity contribution in [2.75, 3.05) is 33.5 Å². The summed E-state index contributed by atoms with van der Waals surface area (Å²) >= 11 is 0. The van der Waals surface area contributed by atoms with Crippen molar-refractivity contribution in [2.45, 2.75) is 37.8 Å². The Morgan fingerprint density at radius 1 is 1.40 bits per heavy atom. The molecular weight excluding hydrogens is 266 g/mol. The number of hydrogen-bond acceptors (Lipinski definition) is 5. The van der Waals surface area contributed by atoms with Gasteiger partial charge in [0.2, 0.25) is 5.91 Å². The van der Waals surface area contributed by atoms with Gasteiger partial charge in [0.15, 0.2) is 5.54 Å². The third-order valence-corrected chi connectivity index (χ3v) is 3.17. The van der Waals surface area contributed by atoms with E-state index in [0.717, 1.165) is 12.8 Å². The van der Waals surface area contributed by atoms with Gasteiger partial charge in [-0.15, -0.1) is 0 Å². The first-order chi connectivity index (χ1) is 9.48. The molecule has 0 aliphatic carbocycles. The van der Waals surface area contributed by atoms with Crippen LogP contribution in [0.3, 0.4) is 0 Å². The number of aliphatic carboxylic acids is 1. The van der Waals surface area contributed by atoms with Gasteiger partial charge in [-0.05, 0) is 19.8 Å². The summed E-state index contributed by atoms with van der Waals surface area (Å²) in [6.45, 7) is 2.97. The second-order valence-corrected chi connectivity index (χ2v) is 5.05. The number of carboxylic acid groups (broad SMARTS) is 1. The number of ether oxygens (including phenoxy) is 3. The molecule has 116 valence electrons. The lowest BCUT2D eigenvalue weighted by atomic mass is 10.0. The van der Waals surface area contributed by atoms with Gasteiger partial charge in [-0.1, -0.05) is 0 Å². The highest BCUT2D eigenvalue weighted by Gasteiger charge is 2.34. The zero-order valence-electron chi connectivity index (χ0n) is 12.0. The molecule has 2 N–H and O–H groups in total. The highest BCUT2D eigenvalue weighted by atomic mass is 16.5. The fraction of sp³-hybridized carbons (Fsp3) is 0.846. The molecule has 1 heterocycles. The summed E-state index contributed by atoms with van der Waals surface area (Å²) in [7, 11) is 1.39. The first-order valence-corrected chi connectivity index (χ1v) is 6.70. The van der Waals surface area contributed by atoms with Gasteiger partial charge in [0.1, 0.15) is 0 Å². The third kappa shape index (κ3) is 5.44. The van der Waals surface area contributed by atoms with E-state index >= 15 is 0 Å². The zero-order chi connectivity index (χ0) is 15.0. The number of hydrogen-bond donors (Lipinski definition) is 2. The van der Waals surface area contributed by atoms with Crippen LogP contribution < -0.4 is 5.32 Å². The molecule has 0 aromatic rings. The summed E-state index contributed by atoms with van der Waals surface area (Å²) in [5.74, 6) is -1.49. The Hall–Kier alpha value is -1.18. The maximum absolute atomic E-state index is 11.7. The van der Waals surface area contributed by atoms with E-state index in [1.54, 1.807) is 0 Å². The summed E-state index contributed by atoms with van der Waals surface area (Å²) < 4.78 is 15.6. The Kier molecular flexibility index (Phi) is 6.90. The van der Waals surface area contributed by atoms with Crippen LogP contribution in [0.1, 0.15) is 26.2 Å². The molecule has 0 spiro atoms. The van der Waals surface area contributed by atoms with Crippen LogP contribution >= 0.6 is 0 Å². The lowest BCUT2D eigenvalue weighted by molar-refractivity contribution is -0.149. The third-order valence-electron chi connectivity index (χ3n) is 3.17. The van der Waals surface area contributed by atoms with Gasteiger partial charge < -0.3 is 24.6 Å². The molecule has 1 saturated heterocycles. The van der Waals surface area contributed by atoms with Crippen molar-refractivity contribution >= 4 is 11.9 Å². The average molecular weight is 289 g/mol. The normalized spacial score (nSPS) is 19.3. The standard InChI is InChI=1S/C13H23NO6/c1-13(9-18-2,12(16)17)14-11(15)5-8-20-10-3-6-19-7-4-10/h10H,3-9H2,1-2H3,(H,14,15)(H,16,17). The number of carbonyl (C=O) groups is 2. The average Bonchev–Trinajstić information content (AvgIpc) is 2.40. The van der Waals surface area contributed by atoms with Crippen LogP contribution in [0.15, 0.2) is 0 Å². The molecule has 0 aromatic carbocycles. The number of amides is 1. The Bertz CT molecular complexity index is 329. The van der Waals surface area contributed by atoms with Gasteiger partial charge in [-0.2, -0.15) is 0 Å². The Morgan fingerprint density at radius 3 is 2.60 bits per heavy atom. The minimum absolute atomic E-state index is 0.0884. The first kappa shape index (κ1) is 16.9. The van der Waals surface area contributed by atoms with Crippen LogP contribution in [0, 0.1) is 0 Å². The van der Waals surface area contributed by atoms with Crippen molar-refractivity contribution in [2.24, 2.45) is 0 Å². The van der Waals surface area contributed by atoms with Crippen LogP contribution in [-0.4, -0.2) is 62.2 Å². The van der Waals surface area contributed by atoms with E-state index in [1.807, 2.05) is 0 Å². The quantitative estimate of drug-likeness (QED) is 0.662. The van der Waals surface area contributed by atoms with Crippen molar-refractivity contribution in [3.05, 3.63) is 0 Å². The molecule has 1 unspecified atom stereocenters. The largest absolute Gasteiger partial charge is 0.479 e. The fourth-order valence-corrected chi connectivity index (χ4v) is 1.97. The number of methoxy groups -OCH3 is 1. The highest BCUT2D eigenvalue weighted by Crippen LogP contribution is 2.11. The predicted molar refractivity (Wildman–Crippen MR) is 70.5 cm³/mol. The van der Waals surface area contributed by atoms with Crippen LogP contribution in [0.5, 0.6) is 0 Å². The van der Waals surface area contributed by atoms with Crippen molar-refractivity contribution in [1.29, 1.82) is 0 Å². The van der Waals surface area contributed by atoms with E-state index in [2.05, 4.69) is 5.32 Å². The summed E-state index contributed by atoms with van der Waals surface area (Å²) in [6.07, 6.45) is 1.92. The zero-order valence-corrected chi connectivity index (χ0v) is 12.0. The number of nitrogens with one attached hydrogen (secondary N) is 1. The molecule has 1 aliphatic rings. The van der Waals surface area contributed by atoms with Gasteiger partial charge >= 0.3 is 5.97 Å². The molecule has 7 nitrogen and oxygen atoms in total.